The number of hydrogen-bond acceptors (Lipinski definition) is 4. The molecule has 0 spiro atoms. The summed E-state index contributed by atoms with van der Waals surface area (Å²) in [7, 11) is 1.59. The van der Waals surface area contributed by atoms with Crippen LogP contribution in [-0.2, 0) is 6.54 Å². The van der Waals surface area contributed by atoms with Crippen LogP contribution in [0, 0.1) is 6.92 Å². The van der Waals surface area contributed by atoms with Crippen molar-refractivity contribution in [3.8, 4) is 5.75 Å². The Bertz CT molecular complexity index is 606. The number of benzene rings is 1. The fraction of sp³-hybridized carbons (Fsp3) is 0.312. The van der Waals surface area contributed by atoms with Gasteiger partial charge in [0.25, 0.3) is 5.91 Å². The van der Waals surface area contributed by atoms with Gasteiger partial charge in [-0.1, -0.05) is 18.2 Å². The Morgan fingerprint density at radius 1 is 1.33 bits per heavy atom. The number of methoxy groups -OCH3 is 1. The van der Waals surface area contributed by atoms with E-state index in [9.17, 15) is 9.90 Å². The van der Waals surface area contributed by atoms with Crippen molar-refractivity contribution >= 4 is 5.91 Å². The van der Waals surface area contributed by atoms with Gasteiger partial charge in [0.2, 0.25) is 0 Å². The molecule has 1 amide bonds. The van der Waals surface area contributed by atoms with E-state index in [4.69, 9.17) is 9.15 Å². The number of aliphatic hydroxyl groups excluding tert-OH is 1. The van der Waals surface area contributed by atoms with Crippen LogP contribution in [0.1, 0.15) is 21.7 Å². The van der Waals surface area contributed by atoms with Crippen LogP contribution in [0.15, 0.2) is 41.0 Å². The van der Waals surface area contributed by atoms with Gasteiger partial charge in [-0.25, -0.2) is 0 Å². The molecule has 21 heavy (non-hydrogen) atoms. The van der Waals surface area contributed by atoms with E-state index in [0.717, 1.165) is 11.1 Å². The summed E-state index contributed by atoms with van der Waals surface area (Å²) < 4.78 is 10.5. The van der Waals surface area contributed by atoms with Crippen LogP contribution < -0.4 is 4.74 Å². The molecule has 0 fully saturated rings. The standard InChI is InChI=1S/C16H19NO4/c1-12-7-10-21-15(12)16(19)17(8-9-18)11-13-5-3-4-6-14(13)20-2/h3-7,10,18H,8-9,11H2,1-2H3. The van der Waals surface area contributed by atoms with Crippen molar-refractivity contribution in [3.05, 3.63) is 53.5 Å². The number of nitrogens with zero attached hydrogens (tertiary/aromatic N) is 1. The monoisotopic (exact) mass is 289 g/mol. The number of aliphatic hydroxyl groups is 1. The average molecular weight is 289 g/mol. The highest BCUT2D eigenvalue weighted by Crippen LogP contribution is 2.21. The molecule has 2 rings (SSSR count). The van der Waals surface area contributed by atoms with E-state index >= 15 is 0 Å². The van der Waals surface area contributed by atoms with E-state index in [-0.39, 0.29) is 19.1 Å². The first kappa shape index (κ1) is 15.1. The zero-order valence-corrected chi connectivity index (χ0v) is 12.2. The third-order valence-corrected chi connectivity index (χ3v) is 3.27. The molecule has 5 nitrogen and oxygen atoms in total. The van der Waals surface area contributed by atoms with Gasteiger partial charge in [-0.15, -0.1) is 0 Å². The molecule has 1 aromatic heterocycles. The molecule has 112 valence electrons. The van der Waals surface area contributed by atoms with E-state index in [2.05, 4.69) is 0 Å². The fourth-order valence-electron chi connectivity index (χ4n) is 2.15. The van der Waals surface area contributed by atoms with E-state index in [1.807, 2.05) is 31.2 Å². The van der Waals surface area contributed by atoms with E-state index < -0.39 is 0 Å². The average Bonchev–Trinajstić information content (AvgIpc) is 2.92. The quantitative estimate of drug-likeness (QED) is 0.885. The third-order valence-electron chi connectivity index (χ3n) is 3.27. The number of hydrogen-bond donors (Lipinski definition) is 1. The van der Waals surface area contributed by atoms with Gasteiger partial charge < -0.3 is 19.2 Å². The molecule has 0 aliphatic heterocycles. The van der Waals surface area contributed by atoms with Crippen molar-refractivity contribution in [2.45, 2.75) is 13.5 Å². The number of amides is 1. The second kappa shape index (κ2) is 6.95. The Balaban J connectivity index is 2.23. The van der Waals surface area contributed by atoms with Gasteiger partial charge in [-0.2, -0.15) is 0 Å². The SMILES string of the molecule is COc1ccccc1CN(CCO)C(=O)c1occc1C. The summed E-state index contributed by atoms with van der Waals surface area (Å²) in [6, 6.07) is 9.24. The highest BCUT2D eigenvalue weighted by molar-refractivity contribution is 5.92. The van der Waals surface area contributed by atoms with Gasteiger partial charge in [-0.3, -0.25) is 4.79 Å². The normalized spacial score (nSPS) is 10.4. The molecule has 1 heterocycles. The van der Waals surface area contributed by atoms with Gasteiger partial charge in [0, 0.05) is 24.2 Å². The lowest BCUT2D eigenvalue weighted by molar-refractivity contribution is 0.0673. The third kappa shape index (κ3) is 3.44. The molecule has 0 unspecified atom stereocenters. The van der Waals surface area contributed by atoms with E-state index in [1.54, 1.807) is 18.1 Å². The first-order chi connectivity index (χ1) is 10.2. The van der Waals surface area contributed by atoms with Crippen molar-refractivity contribution in [2.24, 2.45) is 0 Å². The summed E-state index contributed by atoms with van der Waals surface area (Å²) in [5, 5.41) is 9.20. The Morgan fingerprint density at radius 3 is 2.71 bits per heavy atom. The maximum absolute atomic E-state index is 12.5. The van der Waals surface area contributed by atoms with Crippen molar-refractivity contribution in [1.29, 1.82) is 0 Å². The predicted octanol–water partition coefficient (Wildman–Crippen LogP) is 2.23. The molecule has 1 aromatic carbocycles. The summed E-state index contributed by atoms with van der Waals surface area (Å²) in [4.78, 5) is 14.0. The topological polar surface area (TPSA) is 62.9 Å². The highest BCUT2D eigenvalue weighted by atomic mass is 16.5. The Morgan fingerprint density at radius 2 is 2.10 bits per heavy atom. The van der Waals surface area contributed by atoms with E-state index in [0.29, 0.717) is 18.1 Å². The molecule has 5 heteroatoms. The summed E-state index contributed by atoms with van der Waals surface area (Å²) in [5.41, 5.74) is 1.66. The summed E-state index contributed by atoms with van der Waals surface area (Å²) in [6.45, 7) is 2.29. The molecular formula is C16H19NO4. The van der Waals surface area contributed by atoms with Crippen molar-refractivity contribution in [3.63, 3.8) is 0 Å². The minimum Gasteiger partial charge on any atom is -0.496 e. The van der Waals surface area contributed by atoms with Crippen LogP contribution >= 0.6 is 0 Å². The zero-order chi connectivity index (χ0) is 15.2. The van der Waals surface area contributed by atoms with Crippen LogP contribution in [0.5, 0.6) is 5.75 Å². The highest BCUT2D eigenvalue weighted by Gasteiger charge is 2.21. The van der Waals surface area contributed by atoms with Crippen LogP contribution in [0.25, 0.3) is 0 Å². The lowest BCUT2D eigenvalue weighted by Gasteiger charge is -2.22. The van der Waals surface area contributed by atoms with Crippen molar-refractivity contribution in [1.82, 2.24) is 4.90 Å². The predicted molar refractivity (Wildman–Crippen MR) is 78.3 cm³/mol. The minimum atomic E-state index is -0.238. The second-order valence-corrected chi connectivity index (χ2v) is 4.69. The van der Waals surface area contributed by atoms with Gasteiger partial charge in [0.1, 0.15) is 5.75 Å². The molecule has 0 aliphatic carbocycles. The van der Waals surface area contributed by atoms with Crippen LogP contribution in [0.2, 0.25) is 0 Å². The maximum Gasteiger partial charge on any atom is 0.290 e. The molecule has 0 saturated heterocycles. The molecule has 0 atom stereocenters. The van der Waals surface area contributed by atoms with Gasteiger partial charge in [0.05, 0.1) is 20.0 Å². The maximum atomic E-state index is 12.5. The number of furan rings is 1. The second-order valence-electron chi connectivity index (χ2n) is 4.69. The first-order valence-electron chi connectivity index (χ1n) is 6.73. The Kier molecular flexibility index (Phi) is 5.00. The van der Waals surface area contributed by atoms with Crippen LogP contribution in [0.3, 0.4) is 0 Å². The van der Waals surface area contributed by atoms with Crippen LogP contribution in [0.4, 0.5) is 0 Å². The van der Waals surface area contributed by atoms with Crippen molar-refractivity contribution in [2.75, 3.05) is 20.3 Å². The molecule has 0 aliphatic rings. The van der Waals surface area contributed by atoms with Crippen molar-refractivity contribution < 1.29 is 19.1 Å². The molecule has 2 aromatic rings. The lowest BCUT2D eigenvalue weighted by atomic mass is 10.1. The zero-order valence-electron chi connectivity index (χ0n) is 12.2. The summed E-state index contributed by atoms with van der Waals surface area (Å²) >= 11 is 0. The number of ether oxygens (including phenoxy) is 1. The first-order valence-corrected chi connectivity index (χ1v) is 6.73. The number of rotatable bonds is 6. The number of aryl methyl sites for hydroxylation is 1. The smallest absolute Gasteiger partial charge is 0.290 e. The summed E-state index contributed by atoms with van der Waals surface area (Å²) in [5.74, 6) is 0.778. The molecule has 1 N–H and O–H groups in total. The van der Waals surface area contributed by atoms with Gasteiger partial charge in [-0.05, 0) is 19.1 Å². The van der Waals surface area contributed by atoms with Gasteiger partial charge in [0.15, 0.2) is 5.76 Å². The van der Waals surface area contributed by atoms with Crippen LogP contribution in [-0.4, -0.2) is 36.2 Å². The largest absolute Gasteiger partial charge is 0.496 e. The minimum absolute atomic E-state index is 0.110. The lowest BCUT2D eigenvalue weighted by Crippen LogP contribution is -2.33. The molecular weight excluding hydrogens is 270 g/mol. The fourth-order valence-corrected chi connectivity index (χ4v) is 2.15. The van der Waals surface area contributed by atoms with E-state index in [1.165, 1.54) is 6.26 Å². The molecule has 0 bridgehead atoms. The number of carbonyl (C=O) groups excluding carboxylic acids is 1. The van der Waals surface area contributed by atoms with Gasteiger partial charge >= 0.3 is 0 Å². The molecule has 0 saturated carbocycles. The Hall–Kier alpha value is -2.27. The molecule has 0 radical (unpaired) electrons. The number of carbonyl (C=O) groups is 1. The Labute approximate surface area is 123 Å². The number of para-hydroxylation sites is 1. The summed E-state index contributed by atoms with van der Waals surface area (Å²) in [6.07, 6.45) is 1.49.